The summed E-state index contributed by atoms with van der Waals surface area (Å²) in [6.45, 7) is 5.25. The lowest BCUT2D eigenvalue weighted by Gasteiger charge is -2.22. The summed E-state index contributed by atoms with van der Waals surface area (Å²) in [5.41, 5.74) is 2.13. The summed E-state index contributed by atoms with van der Waals surface area (Å²) in [5.74, 6) is -0.543. The van der Waals surface area contributed by atoms with E-state index in [2.05, 4.69) is 5.32 Å². The van der Waals surface area contributed by atoms with Gasteiger partial charge in [0.2, 0.25) is 0 Å². The SMILES string of the molecule is COC(=O)[C@H](Cc1ccc(-c2csc(C=O)c2)cc1)NC(=O)OC(C)(C)C. The Labute approximate surface area is 162 Å². The van der Waals surface area contributed by atoms with E-state index >= 15 is 0 Å². The average molecular weight is 389 g/mol. The number of amides is 1. The van der Waals surface area contributed by atoms with Crippen LogP contribution in [-0.4, -0.2) is 37.1 Å². The minimum Gasteiger partial charge on any atom is -0.467 e. The number of alkyl carbamates (subject to hydrolysis) is 1. The molecular formula is C20H23NO5S. The van der Waals surface area contributed by atoms with Crippen LogP contribution in [-0.2, 0) is 20.7 Å². The zero-order valence-corrected chi connectivity index (χ0v) is 16.6. The van der Waals surface area contributed by atoms with E-state index in [1.807, 2.05) is 35.7 Å². The molecule has 7 heteroatoms. The van der Waals surface area contributed by atoms with Crippen LogP contribution in [0.1, 0.15) is 36.0 Å². The molecule has 6 nitrogen and oxygen atoms in total. The molecule has 0 aliphatic heterocycles. The smallest absolute Gasteiger partial charge is 0.408 e. The predicted molar refractivity (Wildman–Crippen MR) is 104 cm³/mol. The number of rotatable bonds is 6. The normalized spacial score (nSPS) is 12.1. The van der Waals surface area contributed by atoms with Gasteiger partial charge in [0.05, 0.1) is 12.0 Å². The van der Waals surface area contributed by atoms with Crippen LogP contribution in [0.4, 0.5) is 4.79 Å². The third-order valence-corrected chi connectivity index (χ3v) is 4.50. The van der Waals surface area contributed by atoms with E-state index in [4.69, 9.17) is 9.47 Å². The standard InChI is InChI=1S/C20H23NO5S/c1-20(2,3)26-19(24)21-17(18(23)25-4)9-13-5-7-14(8-6-13)15-10-16(11-22)27-12-15/h5-8,10-12,17H,9H2,1-4H3,(H,21,24)/t17-/m0/s1. The fourth-order valence-electron chi connectivity index (χ4n) is 2.42. The zero-order chi connectivity index (χ0) is 20.0. The second-order valence-corrected chi connectivity index (χ2v) is 7.92. The van der Waals surface area contributed by atoms with Crippen molar-refractivity contribution >= 4 is 29.7 Å². The molecule has 0 radical (unpaired) electrons. The van der Waals surface area contributed by atoms with Gasteiger partial charge in [-0.2, -0.15) is 0 Å². The highest BCUT2D eigenvalue weighted by atomic mass is 32.1. The fraction of sp³-hybridized carbons (Fsp3) is 0.350. The van der Waals surface area contributed by atoms with Crippen molar-refractivity contribution in [1.82, 2.24) is 5.32 Å². The first-order valence-electron chi connectivity index (χ1n) is 8.42. The van der Waals surface area contributed by atoms with E-state index in [1.54, 1.807) is 20.8 Å². The maximum Gasteiger partial charge on any atom is 0.408 e. The Morgan fingerprint density at radius 2 is 1.85 bits per heavy atom. The van der Waals surface area contributed by atoms with Crippen LogP contribution < -0.4 is 5.32 Å². The molecule has 27 heavy (non-hydrogen) atoms. The number of carbonyl (C=O) groups excluding carboxylic acids is 3. The Kier molecular flexibility index (Phi) is 6.74. The van der Waals surface area contributed by atoms with Crippen molar-refractivity contribution in [3.8, 4) is 11.1 Å². The molecular weight excluding hydrogens is 366 g/mol. The Balaban J connectivity index is 2.09. The number of ether oxygens (including phenoxy) is 2. The molecule has 0 fully saturated rings. The zero-order valence-electron chi connectivity index (χ0n) is 15.8. The maximum atomic E-state index is 12.0. The molecule has 2 rings (SSSR count). The second-order valence-electron chi connectivity index (χ2n) is 6.98. The van der Waals surface area contributed by atoms with Crippen LogP contribution >= 0.6 is 11.3 Å². The molecule has 1 atom stereocenters. The number of hydrogen-bond acceptors (Lipinski definition) is 6. The van der Waals surface area contributed by atoms with Gasteiger partial charge in [-0.3, -0.25) is 4.79 Å². The van der Waals surface area contributed by atoms with Gasteiger partial charge in [-0.25, -0.2) is 9.59 Å². The molecule has 1 N–H and O–H groups in total. The molecule has 0 aliphatic rings. The molecule has 1 heterocycles. The van der Waals surface area contributed by atoms with E-state index < -0.39 is 23.7 Å². The fourth-order valence-corrected chi connectivity index (χ4v) is 3.14. The Hall–Kier alpha value is -2.67. The lowest BCUT2D eigenvalue weighted by Crippen LogP contribution is -2.45. The van der Waals surface area contributed by atoms with Crippen molar-refractivity contribution in [2.24, 2.45) is 0 Å². The molecule has 1 amide bonds. The lowest BCUT2D eigenvalue weighted by atomic mass is 10.0. The first-order chi connectivity index (χ1) is 12.7. The van der Waals surface area contributed by atoms with E-state index in [-0.39, 0.29) is 6.42 Å². The maximum absolute atomic E-state index is 12.0. The van der Waals surface area contributed by atoms with Crippen LogP contribution in [0.3, 0.4) is 0 Å². The molecule has 2 aromatic rings. The van der Waals surface area contributed by atoms with E-state index in [1.165, 1.54) is 18.4 Å². The first-order valence-corrected chi connectivity index (χ1v) is 9.30. The van der Waals surface area contributed by atoms with Crippen LogP contribution in [0.25, 0.3) is 11.1 Å². The summed E-state index contributed by atoms with van der Waals surface area (Å²) in [6, 6.07) is 8.55. The Morgan fingerprint density at radius 1 is 1.19 bits per heavy atom. The highest BCUT2D eigenvalue weighted by Crippen LogP contribution is 2.25. The quantitative estimate of drug-likeness (QED) is 0.600. The predicted octanol–water partition coefficient (Wildman–Crippen LogP) is 3.84. The molecule has 0 saturated heterocycles. The Bertz CT molecular complexity index is 805. The van der Waals surface area contributed by atoms with Crippen molar-refractivity contribution in [3.05, 3.63) is 46.2 Å². The van der Waals surface area contributed by atoms with Crippen LogP contribution in [0.5, 0.6) is 0 Å². The van der Waals surface area contributed by atoms with Crippen LogP contribution in [0.2, 0.25) is 0 Å². The first kappa shape index (κ1) is 20.6. The highest BCUT2D eigenvalue weighted by molar-refractivity contribution is 7.12. The third kappa shape index (κ3) is 6.21. The summed E-state index contributed by atoms with van der Waals surface area (Å²) >= 11 is 1.39. The van der Waals surface area contributed by atoms with Crippen molar-refractivity contribution in [2.75, 3.05) is 7.11 Å². The Morgan fingerprint density at radius 3 is 2.37 bits per heavy atom. The average Bonchev–Trinajstić information content (AvgIpc) is 3.08. The molecule has 144 valence electrons. The summed E-state index contributed by atoms with van der Waals surface area (Å²) in [7, 11) is 1.27. The number of benzene rings is 1. The number of nitrogens with one attached hydrogen (secondary N) is 1. The molecule has 0 bridgehead atoms. The minimum atomic E-state index is -0.849. The van der Waals surface area contributed by atoms with E-state index in [0.717, 1.165) is 23.0 Å². The second kappa shape index (κ2) is 8.81. The topological polar surface area (TPSA) is 81.7 Å². The van der Waals surface area contributed by atoms with Crippen molar-refractivity contribution < 1.29 is 23.9 Å². The van der Waals surface area contributed by atoms with Crippen LogP contribution in [0.15, 0.2) is 35.7 Å². The van der Waals surface area contributed by atoms with Crippen molar-refractivity contribution in [1.29, 1.82) is 0 Å². The number of aldehydes is 1. The molecule has 1 aromatic carbocycles. The van der Waals surface area contributed by atoms with Gasteiger partial charge in [-0.05, 0) is 48.9 Å². The van der Waals surface area contributed by atoms with Crippen molar-refractivity contribution in [3.63, 3.8) is 0 Å². The summed E-state index contributed by atoms with van der Waals surface area (Å²) in [5, 5.41) is 4.47. The van der Waals surface area contributed by atoms with Gasteiger partial charge in [-0.1, -0.05) is 24.3 Å². The summed E-state index contributed by atoms with van der Waals surface area (Å²) in [4.78, 5) is 35.5. The van der Waals surface area contributed by atoms with Gasteiger partial charge >= 0.3 is 12.1 Å². The molecule has 0 unspecified atom stereocenters. The number of hydrogen-bond donors (Lipinski definition) is 1. The van der Waals surface area contributed by atoms with Crippen LogP contribution in [0, 0.1) is 0 Å². The highest BCUT2D eigenvalue weighted by Gasteiger charge is 2.25. The van der Waals surface area contributed by atoms with Crippen molar-refractivity contribution in [2.45, 2.75) is 38.8 Å². The van der Waals surface area contributed by atoms with Gasteiger partial charge < -0.3 is 14.8 Å². The monoisotopic (exact) mass is 389 g/mol. The van der Waals surface area contributed by atoms with Gasteiger partial charge in [0, 0.05) is 6.42 Å². The molecule has 1 aromatic heterocycles. The van der Waals surface area contributed by atoms with E-state index in [0.29, 0.717) is 4.88 Å². The van der Waals surface area contributed by atoms with Gasteiger partial charge in [0.15, 0.2) is 6.29 Å². The molecule has 0 spiro atoms. The minimum absolute atomic E-state index is 0.273. The van der Waals surface area contributed by atoms with Gasteiger partial charge in [-0.15, -0.1) is 11.3 Å². The van der Waals surface area contributed by atoms with Gasteiger partial charge in [0.25, 0.3) is 0 Å². The molecule has 0 aliphatic carbocycles. The number of thiophene rings is 1. The summed E-state index contributed by atoms with van der Waals surface area (Å²) < 4.78 is 9.99. The third-order valence-electron chi connectivity index (χ3n) is 3.64. The summed E-state index contributed by atoms with van der Waals surface area (Å²) in [6.07, 6.45) is 0.426. The largest absolute Gasteiger partial charge is 0.467 e. The lowest BCUT2D eigenvalue weighted by molar-refractivity contribution is -0.143. The molecule has 0 saturated carbocycles. The van der Waals surface area contributed by atoms with Gasteiger partial charge in [0.1, 0.15) is 11.6 Å². The number of methoxy groups -OCH3 is 1. The van der Waals surface area contributed by atoms with E-state index in [9.17, 15) is 14.4 Å². The number of carbonyl (C=O) groups is 3. The number of esters is 1.